The molecule has 0 atom stereocenters. The summed E-state index contributed by atoms with van der Waals surface area (Å²) in [6.07, 6.45) is 1.22. The Morgan fingerprint density at radius 3 is 2.72 bits per heavy atom. The Morgan fingerprint density at radius 2 is 2.17 bits per heavy atom. The summed E-state index contributed by atoms with van der Waals surface area (Å²) in [5.74, 6) is 0.415. The zero-order chi connectivity index (χ0) is 13.1. The Balaban J connectivity index is 2.16. The molecule has 2 heterocycles. The van der Waals surface area contributed by atoms with Crippen LogP contribution in [-0.4, -0.2) is 42.4 Å². The maximum absolute atomic E-state index is 11.4. The average Bonchev–Trinajstić information content (AvgIpc) is 2.38. The SMILES string of the molecule is COC(=O)c1ccc(N2CCC(O)CC2)nc1N. The predicted molar refractivity (Wildman–Crippen MR) is 67.4 cm³/mol. The number of nitrogens with two attached hydrogens (primary N) is 1. The van der Waals surface area contributed by atoms with Crippen LogP contribution in [-0.2, 0) is 4.74 Å². The summed E-state index contributed by atoms with van der Waals surface area (Å²) in [4.78, 5) is 17.6. The van der Waals surface area contributed by atoms with Crippen LogP contribution >= 0.6 is 0 Å². The van der Waals surface area contributed by atoms with Crippen molar-refractivity contribution < 1.29 is 14.6 Å². The number of aliphatic hydroxyl groups is 1. The van der Waals surface area contributed by atoms with Crippen LogP contribution in [0.15, 0.2) is 12.1 Å². The minimum absolute atomic E-state index is 0.172. The molecule has 0 spiro atoms. The number of ether oxygens (including phenoxy) is 1. The highest BCUT2D eigenvalue weighted by molar-refractivity contribution is 5.94. The number of nitrogens with zero attached hydrogens (tertiary/aromatic N) is 2. The number of carbonyl (C=O) groups excluding carboxylic acids is 1. The Bertz CT molecular complexity index is 442. The van der Waals surface area contributed by atoms with E-state index in [2.05, 4.69) is 9.72 Å². The van der Waals surface area contributed by atoms with Gasteiger partial charge in [0.15, 0.2) is 0 Å². The van der Waals surface area contributed by atoms with E-state index >= 15 is 0 Å². The molecule has 0 saturated carbocycles. The summed E-state index contributed by atoms with van der Waals surface area (Å²) >= 11 is 0. The first kappa shape index (κ1) is 12.6. The van der Waals surface area contributed by atoms with Crippen molar-refractivity contribution in [3.63, 3.8) is 0 Å². The molecule has 1 aliphatic rings. The van der Waals surface area contributed by atoms with Gasteiger partial charge in [-0.1, -0.05) is 0 Å². The Kier molecular flexibility index (Phi) is 3.66. The van der Waals surface area contributed by atoms with Crippen molar-refractivity contribution in [1.29, 1.82) is 0 Å². The number of methoxy groups -OCH3 is 1. The van der Waals surface area contributed by atoms with E-state index in [1.807, 2.05) is 4.90 Å². The normalized spacial score (nSPS) is 16.7. The third-order valence-corrected chi connectivity index (χ3v) is 3.10. The van der Waals surface area contributed by atoms with Crippen molar-refractivity contribution >= 4 is 17.6 Å². The molecule has 18 heavy (non-hydrogen) atoms. The van der Waals surface area contributed by atoms with Crippen LogP contribution in [0.3, 0.4) is 0 Å². The third-order valence-electron chi connectivity index (χ3n) is 3.10. The van der Waals surface area contributed by atoms with Gasteiger partial charge in [-0.25, -0.2) is 9.78 Å². The molecule has 98 valence electrons. The van der Waals surface area contributed by atoms with E-state index in [4.69, 9.17) is 5.73 Å². The molecule has 2 rings (SSSR count). The number of piperidine rings is 1. The number of nitrogen functional groups attached to an aromatic ring is 1. The van der Waals surface area contributed by atoms with Crippen molar-refractivity contribution in [2.24, 2.45) is 0 Å². The summed E-state index contributed by atoms with van der Waals surface area (Å²) < 4.78 is 4.61. The molecule has 0 bridgehead atoms. The van der Waals surface area contributed by atoms with Gasteiger partial charge in [-0.2, -0.15) is 0 Å². The van der Waals surface area contributed by atoms with E-state index < -0.39 is 5.97 Å². The first-order chi connectivity index (χ1) is 8.61. The molecule has 1 aromatic heterocycles. The van der Waals surface area contributed by atoms with Crippen LogP contribution in [0.4, 0.5) is 11.6 Å². The first-order valence-corrected chi connectivity index (χ1v) is 5.89. The van der Waals surface area contributed by atoms with Gasteiger partial charge in [0.1, 0.15) is 17.2 Å². The van der Waals surface area contributed by atoms with E-state index in [0.717, 1.165) is 31.7 Å². The largest absolute Gasteiger partial charge is 0.465 e. The second-order valence-corrected chi connectivity index (χ2v) is 4.31. The number of hydrogen-bond donors (Lipinski definition) is 2. The fourth-order valence-electron chi connectivity index (χ4n) is 2.02. The highest BCUT2D eigenvalue weighted by Crippen LogP contribution is 2.21. The molecule has 1 aliphatic heterocycles. The van der Waals surface area contributed by atoms with E-state index in [1.54, 1.807) is 12.1 Å². The summed E-state index contributed by atoms with van der Waals surface area (Å²) in [7, 11) is 1.31. The minimum atomic E-state index is -0.486. The number of rotatable bonds is 2. The van der Waals surface area contributed by atoms with Crippen LogP contribution < -0.4 is 10.6 Å². The lowest BCUT2D eigenvalue weighted by Crippen LogP contribution is -2.36. The molecule has 6 nitrogen and oxygen atoms in total. The van der Waals surface area contributed by atoms with Gasteiger partial charge in [-0.3, -0.25) is 0 Å². The minimum Gasteiger partial charge on any atom is -0.465 e. The highest BCUT2D eigenvalue weighted by atomic mass is 16.5. The van der Waals surface area contributed by atoms with Gasteiger partial charge < -0.3 is 20.5 Å². The Labute approximate surface area is 105 Å². The smallest absolute Gasteiger partial charge is 0.341 e. The second-order valence-electron chi connectivity index (χ2n) is 4.31. The fraction of sp³-hybridized carbons (Fsp3) is 0.500. The highest BCUT2D eigenvalue weighted by Gasteiger charge is 2.19. The number of esters is 1. The quantitative estimate of drug-likeness (QED) is 0.740. The van der Waals surface area contributed by atoms with Gasteiger partial charge in [0, 0.05) is 13.1 Å². The van der Waals surface area contributed by atoms with Crippen molar-refractivity contribution in [1.82, 2.24) is 4.98 Å². The molecule has 0 aromatic carbocycles. The van der Waals surface area contributed by atoms with Crippen molar-refractivity contribution in [3.8, 4) is 0 Å². The van der Waals surface area contributed by atoms with Crippen LogP contribution in [0.2, 0.25) is 0 Å². The summed E-state index contributed by atoms with van der Waals surface area (Å²) in [5.41, 5.74) is 6.02. The number of aromatic nitrogens is 1. The fourth-order valence-corrected chi connectivity index (χ4v) is 2.02. The third kappa shape index (κ3) is 2.53. The maximum Gasteiger partial charge on any atom is 0.341 e. The van der Waals surface area contributed by atoms with E-state index in [0.29, 0.717) is 0 Å². The van der Waals surface area contributed by atoms with E-state index in [1.165, 1.54) is 7.11 Å². The van der Waals surface area contributed by atoms with E-state index in [-0.39, 0.29) is 17.5 Å². The van der Waals surface area contributed by atoms with Gasteiger partial charge in [-0.05, 0) is 25.0 Å². The molecule has 1 fully saturated rings. The van der Waals surface area contributed by atoms with Gasteiger partial charge >= 0.3 is 5.97 Å². The molecule has 3 N–H and O–H groups in total. The van der Waals surface area contributed by atoms with Crippen molar-refractivity contribution in [3.05, 3.63) is 17.7 Å². The number of pyridine rings is 1. The van der Waals surface area contributed by atoms with Gasteiger partial charge in [0.2, 0.25) is 0 Å². The lowest BCUT2D eigenvalue weighted by molar-refractivity contribution is 0.0601. The van der Waals surface area contributed by atoms with E-state index in [9.17, 15) is 9.90 Å². The molecule has 0 aliphatic carbocycles. The van der Waals surface area contributed by atoms with Crippen LogP contribution in [0.5, 0.6) is 0 Å². The lowest BCUT2D eigenvalue weighted by Gasteiger charge is -2.30. The average molecular weight is 251 g/mol. The van der Waals surface area contributed by atoms with Crippen LogP contribution in [0.1, 0.15) is 23.2 Å². The monoisotopic (exact) mass is 251 g/mol. The molecule has 0 radical (unpaired) electrons. The van der Waals surface area contributed by atoms with Crippen LogP contribution in [0, 0.1) is 0 Å². The molecule has 1 aromatic rings. The molecular weight excluding hydrogens is 234 g/mol. The zero-order valence-corrected chi connectivity index (χ0v) is 10.3. The second kappa shape index (κ2) is 5.22. The van der Waals surface area contributed by atoms with Gasteiger partial charge in [0.25, 0.3) is 0 Å². The van der Waals surface area contributed by atoms with Crippen molar-refractivity contribution in [2.45, 2.75) is 18.9 Å². The molecule has 0 unspecified atom stereocenters. The van der Waals surface area contributed by atoms with Crippen molar-refractivity contribution in [2.75, 3.05) is 30.8 Å². The Morgan fingerprint density at radius 1 is 1.50 bits per heavy atom. The first-order valence-electron chi connectivity index (χ1n) is 5.89. The van der Waals surface area contributed by atoms with Crippen LogP contribution in [0.25, 0.3) is 0 Å². The molecule has 0 amide bonds. The summed E-state index contributed by atoms with van der Waals surface area (Å²) in [6.45, 7) is 1.48. The molecular formula is C12H17N3O3. The number of carbonyl (C=O) groups is 1. The number of aliphatic hydroxyl groups excluding tert-OH is 1. The molecule has 6 heteroatoms. The number of hydrogen-bond acceptors (Lipinski definition) is 6. The lowest BCUT2D eigenvalue weighted by atomic mass is 10.1. The Hall–Kier alpha value is -1.82. The van der Waals surface area contributed by atoms with Gasteiger partial charge in [0.05, 0.1) is 13.2 Å². The maximum atomic E-state index is 11.4. The predicted octanol–water partition coefficient (Wildman–Crippen LogP) is 0.411. The summed E-state index contributed by atoms with van der Waals surface area (Å²) in [5, 5.41) is 9.44. The molecule has 1 saturated heterocycles. The number of anilines is 2. The zero-order valence-electron chi connectivity index (χ0n) is 10.3. The topological polar surface area (TPSA) is 88.7 Å². The van der Waals surface area contributed by atoms with Gasteiger partial charge in [-0.15, -0.1) is 0 Å². The summed E-state index contributed by atoms with van der Waals surface area (Å²) in [6, 6.07) is 3.37. The standard InChI is InChI=1S/C12H17N3O3/c1-18-12(17)9-2-3-10(14-11(9)13)15-6-4-8(16)5-7-15/h2-3,8,16H,4-7H2,1H3,(H2,13,14).